The van der Waals surface area contributed by atoms with Gasteiger partial charge in [0.25, 0.3) is 20.2 Å². The predicted octanol–water partition coefficient (Wildman–Crippen LogP) is 7.02. The van der Waals surface area contributed by atoms with Crippen LogP contribution < -0.4 is 10.1 Å². The van der Waals surface area contributed by atoms with E-state index < -0.39 is 42.3 Å². The first-order chi connectivity index (χ1) is 21.4. The summed E-state index contributed by atoms with van der Waals surface area (Å²) in [5.41, 5.74) is 0.0960. The van der Waals surface area contributed by atoms with Gasteiger partial charge in [-0.05, 0) is 72.1 Å². The van der Waals surface area contributed by atoms with E-state index in [-0.39, 0.29) is 56.5 Å². The Balaban J connectivity index is 0.00000480. The van der Waals surface area contributed by atoms with Crippen molar-refractivity contribution in [1.82, 2.24) is 0 Å². The molecule has 0 aliphatic rings. The van der Waals surface area contributed by atoms with Crippen LogP contribution >= 0.6 is 0 Å². The summed E-state index contributed by atoms with van der Waals surface area (Å²) in [6, 6.07) is 23.8. The van der Waals surface area contributed by atoms with Crippen LogP contribution in [0.3, 0.4) is 0 Å². The molecule has 0 atom stereocenters. The summed E-state index contributed by atoms with van der Waals surface area (Å²) in [6.07, 6.45) is 0. The van der Waals surface area contributed by atoms with Gasteiger partial charge in [0.05, 0.1) is 16.3 Å². The number of phenolic OH excluding ortho intramolecular Hbond substituents is 2. The molecule has 0 unspecified atom stereocenters. The van der Waals surface area contributed by atoms with Gasteiger partial charge in [-0.3, -0.25) is 9.11 Å². The number of hydrogen-bond donors (Lipinski definition) is 5. The molecule has 14 nitrogen and oxygen atoms in total. The average Bonchev–Trinajstić information content (AvgIpc) is 3.00. The maximum absolute atomic E-state index is 12.2. The number of rotatable bonds is 10. The number of nitrogens with one attached hydrogen (secondary N) is 1. The number of azo groups is 2. The Kier molecular flexibility index (Phi) is 10.4. The molecule has 0 spiro atoms. The van der Waals surface area contributed by atoms with Crippen molar-refractivity contribution in [3.05, 3.63) is 97.1 Å². The maximum Gasteiger partial charge on any atom is 0.296 e. The number of hydrogen-bond acceptors (Lipinski definition) is 12. The van der Waals surface area contributed by atoms with E-state index in [2.05, 4.69) is 25.8 Å². The van der Waals surface area contributed by atoms with E-state index in [4.69, 9.17) is 4.74 Å². The van der Waals surface area contributed by atoms with Gasteiger partial charge < -0.3 is 20.3 Å². The number of benzene rings is 5. The predicted molar refractivity (Wildman–Crippen MR) is 164 cm³/mol. The zero-order valence-corrected chi connectivity index (χ0v) is 25.8. The van der Waals surface area contributed by atoms with E-state index in [1.54, 1.807) is 24.3 Å². The first kappa shape index (κ1) is 34.0. The summed E-state index contributed by atoms with van der Waals surface area (Å²) in [6.45, 7) is 0.101. The number of nitrogens with zero attached hydrogens (tertiary/aromatic N) is 4. The summed E-state index contributed by atoms with van der Waals surface area (Å²) < 4.78 is 71.8. The molecule has 0 aliphatic heterocycles. The summed E-state index contributed by atoms with van der Waals surface area (Å²) in [5, 5.41) is 40.3. The van der Waals surface area contributed by atoms with Gasteiger partial charge in [0, 0.05) is 34.2 Å². The molecule has 17 heteroatoms. The van der Waals surface area contributed by atoms with Gasteiger partial charge in [-0.25, -0.2) is 0 Å². The van der Waals surface area contributed by atoms with Gasteiger partial charge in [0.1, 0.15) is 27.8 Å². The van der Waals surface area contributed by atoms with Crippen molar-refractivity contribution in [2.24, 2.45) is 20.5 Å². The van der Waals surface area contributed by atoms with E-state index >= 15 is 0 Å². The van der Waals surface area contributed by atoms with Crippen LogP contribution in [0.2, 0.25) is 0 Å². The molecule has 0 bridgehead atoms. The second-order valence-electron chi connectivity index (χ2n) is 9.31. The van der Waals surface area contributed by atoms with Gasteiger partial charge in [0.2, 0.25) is 0 Å². The van der Waals surface area contributed by atoms with E-state index in [0.717, 1.165) is 18.2 Å². The molecule has 0 amide bonds. The Morgan fingerprint density at radius 1 is 0.696 bits per heavy atom. The summed E-state index contributed by atoms with van der Waals surface area (Å²) in [5.74, 6) is -0.377. The molecule has 0 heterocycles. The van der Waals surface area contributed by atoms with Crippen molar-refractivity contribution < 1.29 is 58.0 Å². The molecule has 0 saturated heterocycles. The molecule has 5 rings (SSSR count). The van der Waals surface area contributed by atoms with Crippen LogP contribution in [0.4, 0.5) is 28.4 Å². The first-order valence-electron chi connectivity index (χ1n) is 12.8. The molecule has 1 radical (unpaired) electrons. The summed E-state index contributed by atoms with van der Waals surface area (Å²) >= 11 is 0. The smallest absolute Gasteiger partial charge is 0.296 e. The number of phenols is 2. The number of fused-ring (bicyclic) bond motifs is 1. The van der Waals surface area contributed by atoms with Crippen LogP contribution in [0.15, 0.2) is 127 Å². The van der Waals surface area contributed by atoms with Crippen LogP contribution in [-0.2, 0) is 37.3 Å². The van der Waals surface area contributed by atoms with Gasteiger partial charge in [-0.15, -0.1) is 10.2 Å². The average molecular weight is 713 g/mol. The van der Waals surface area contributed by atoms with Crippen LogP contribution in [-0.4, -0.2) is 42.9 Å². The van der Waals surface area contributed by atoms with E-state index in [1.807, 2.05) is 18.2 Å². The van der Waals surface area contributed by atoms with Crippen LogP contribution in [0, 0.1) is 0 Å². The fourth-order valence-electron chi connectivity index (χ4n) is 4.06. The van der Waals surface area contributed by atoms with Crippen molar-refractivity contribution >= 4 is 59.4 Å². The Morgan fingerprint density at radius 3 is 2.09 bits per heavy atom. The number of anilines is 1. The van der Waals surface area contributed by atoms with Crippen molar-refractivity contribution in [1.29, 1.82) is 0 Å². The van der Waals surface area contributed by atoms with Crippen molar-refractivity contribution in [2.75, 3.05) is 12.0 Å². The van der Waals surface area contributed by atoms with Crippen molar-refractivity contribution in [3.8, 4) is 17.2 Å². The molecule has 5 aromatic rings. The molecule has 0 fully saturated rings. The van der Waals surface area contributed by atoms with E-state index in [0.29, 0.717) is 11.4 Å². The number of aromatic hydroxyl groups is 2. The van der Waals surface area contributed by atoms with Crippen molar-refractivity contribution in [3.63, 3.8) is 0 Å². The fraction of sp³-hybridized carbons (Fsp3) is 0.0345. The minimum atomic E-state index is -4.88. The van der Waals surface area contributed by atoms with E-state index in [9.17, 15) is 36.2 Å². The third kappa shape index (κ3) is 8.22. The maximum atomic E-state index is 12.2. The van der Waals surface area contributed by atoms with Crippen LogP contribution in [0.1, 0.15) is 0 Å². The quantitative estimate of drug-likeness (QED) is 0.0431. The SMILES string of the molecule is O=S(=O)(O)c1cccc(N=Nc2ccc(N=Nc3c(S(=O)(=O)O)cc4cc(NCOc5ccccc5)ccc4c3O)c(O)c2)c1.[Cu]. The molecular weight excluding hydrogens is 690 g/mol. The minimum Gasteiger partial charge on any atom is -0.506 e. The third-order valence-corrected chi connectivity index (χ3v) is 7.92. The Bertz CT molecular complexity index is 2180. The van der Waals surface area contributed by atoms with Crippen LogP contribution in [0.5, 0.6) is 17.2 Å². The standard InChI is InChI=1S/C29H23N5O9S2.Cu/c35-26-16-21(32-31-20-5-4-8-23(15-20)44(37,38)39)10-12-25(26)33-34-28-27(45(40,41)42)14-18-13-19(9-11-24(18)29(28)36)30-17-43-22-6-2-1-3-7-22;/h1-16,30,35-36H,17H2,(H,37,38,39)(H,40,41,42);. The largest absolute Gasteiger partial charge is 0.506 e. The number of ether oxygens (including phenoxy) is 1. The van der Waals surface area contributed by atoms with Gasteiger partial charge in [-0.2, -0.15) is 27.1 Å². The Hall–Kier alpha value is -4.90. The summed E-state index contributed by atoms with van der Waals surface area (Å²) in [4.78, 5) is -1.09. The Morgan fingerprint density at radius 2 is 1.41 bits per heavy atom. The van der Waals surface area contributed by atoms with E-state index in [1.165, 1.54) is 36.4 Å². The molecule has 0 aromatic heterocycles. The number of para-hydroxylation sites is 1. The third-order valence-electron chi connectivity index (χ3n) is 6.20. The minimum absolute atomic E-state index is 0. The second-order valence-corrected chi connectivity index (χ2v) is 12.1. The molecule has 0 saturated carbocycles. The van der Waals surface area contributed by atoms with Gasteiger partial charge in [-0.1, -0.05) is 24.3 Å². The summed E-state index contributed by atoms with van der Waals surface area (Å²) in [7, 11) is -9.32. The Labute approximate surface area is 273 Å². The van der Waals surface area contributed by atoms with Gasteiger partial charge >= 0.3 is 0 Å². The van der Waals surface area contributed by atoms with Gasteiger partial charge in [0.15, 0.2) is 12.5 Å². The zero-order chi connectivity index (χ0) is 32.2. The molecule has 241 valence electrons. The second kappa shape index (κ2) is 14.0. The van der Waals surface area contributed by atoms with Crippen LogP contribution in [0.25, 0.3) is 10.8 Å². The molecular formula is C29H23CuN5O9S2. The zero-order valence-electron chi connectivity index (χ0n) is 23.2. The first-order valence-corrected chi connectivity index (χ1v) is 15.7. The van der Waals surface area contributed by atoms with Crippen molar-refractivity contribution in [2.45, 2.75) is 9.79 Å². The normalized spacial score (nSPS) is 12.0. The molecule has 0 aliphatic carbocycles. The molecule has 5 aromatic carbocycles. The molecule has 46 heavy (non-hydrogen) atoms. The topological polar surface area (TPSA) is 220 Å². The monoisotopic (exact) mass is 712 g/mol. The fourth-order valence-corrected chi connectivity index (χ4v) is 5.24. The molecule has 5 N–H and O–H groups in total.